The molecular weight excluding hydrogens is 471 g/mol. The van der Waals surface area contributed by atoms with E-state index in [4.69, 9.17) is 16.3 Å². The van der Waals surface area contributed by atoms with Gasteiger partial charge in [-0.05, 0) is 44.9 Å². The van der Waals surface area contributed by atoms with E-state index in [0.29, 0.717) is 30.3 Å². The van der Waals surface area contributed by atoms with Gasteiger partial charge in [-0.2, -0.15) is 13.2 Å². The van der Waals surface area contributed by atoms with Crippen molar-refractivity contribution in [2.45, 2.75) is 44.5 Å². The fourth-order valence-electron chi connectivity index (χ4n) is 4.29. The van der Waals surface area contributed by atoms with Crippen LogP contribution in [-0.2, 0) is 10.9 Å². The summed E-state index contributed by atoms with van der Waals surface area (Å²) in [5, 5.41) is 0.321. The highest BCUT2D eigenvalue weighted by Crippen LogP contribution is 2.42. The first-order valence-corrected chi connectivity index (χ1v) is 11.4. The monoisotopic (exact) mass is 493 g/mol. The number of aromatic nitrogens is 3. The van der Waals surface area contributed by atoms with Gasteiger partial charge in [0.25, 0.3) is 0 Å². The van der Waals surface area contributed by atoms with Crippen molar-refractivity contribution < 1.29 is 22.7 Å². The van der Waals surface area contributed by atoms with Crippen LogP contribution in [0.5, 0.6) is 0 Å². The largest absolute Gasteiger partial charge is 0.443 e. The van der Waals surface area contributed by atoms with Crippen molar-refractivity contribution in [1.29, 1.82) is 0 Å². The maximum atomic E-state index is 14.1. The fourth-order valence-corrected chi connectivity index (χ4v) is 4.48. The average Bonchev–Trinajstić information content (AvgIpc) is 3.35. The molecular formula is C23H23ClF3N5O2. The molecule has 0 spiro atoms. The molecule has 34 heavy (non-hydrogen) atoms. The summed E-state index contributed by atoms with van der Waals surface area (Å²) in [4.78, 5) is 24.4. The predicted octanol–water partition coefficient (Wildman–Crippen LogP) is 5.29. The molecule has 1 aromatic carbocycles. The molecule has 1 aliphatic carbocycles. The zero-order valence-corrected chi connectivity index (χ0v) is 19.4. The van der Waals surface area contributed by atoms with Crippen LogP contribution in [0.1, 0.15) is 32.3 Å². The Balaban J connectivity index is 1.52. The summed E-state index contributed by atoms with van der Waals surface area (Å²) >= 11 is 6.08. The molecule has 2 fully saturated rings. The number of piperazine rings is 1. The molecule has 1 saturated heterocycles. The Labute approximate surface area is 199 Å². The number of carbonyl (C=O) groups is 1. The number of fused-ring (bicyclic) bond motifs is 1. The van der Waals surface area contributed by atoms with Gasteiger partial charge in [0.2, 0.25) is 0 Å². The quantitative estimate of drug-likeness (QED) is 0.496. The van der Waals surface area contributed by atoms with Crippen molar-refractivity contribution in [3.63, 3.8) is 0 Å². The van der Waals surface area contributed by atoms with Crippen LogP contribution in [0.4, 0.5) is 23.8 Å². The van der Waals surface area contributed by atoms with Crippen molar-refractivity contribution in [3.8, 4) is 5.69 Å². The number of ether oxygens (including phenoxy) is 1. The summed E-state index contributed by atoms with van der Waals surface area (Å²) in [6, 6.07) is 6.29. The van der Waals surface area contributed by atoms with Crippen LogP contribution in [0.2, 0.25) is 5.02 Å². The molecule has 1 amide bonds. The lowest BCUT2D eigenvalue weighted by Gasteiger charge is -2.40. The first kappa shape index (κ1) is 22.8. The number of hydrogen-bond acceptors (Lipinski definition) is 5. The Morgan fingerprint density at radius 2 is 2.00 bits per heavy atom. The number of benzene rings is 1. The Hall–Kier alpha value is -3.01. The van der Waals surface area contributed by atoms with Crippen molar-refractivity contribution in [2.75, 3.05) is 24.5 Å². The second kappa shape index (κ2) is 8.04. The minimum absolute atomic E-state index is 0.0802. The van der Waals surface area contributed by atoms with Gasteiger partial charge in [0, 0.05) is 42.6 Å². The highest BCUT2D eigenvalue weighted by molar-refractivity contribution is 6.30. The van der Waals surface area contributed by atoms with E-state index in [1.165, 1.54) is 10.9 Å². The van der Waals surface area contributed by atoms with Crippen LogP contribution in [0.3, 0.4) is 0 Å². The van der Waals surface area contributed by atoms with Crippen molar-refractivity contribution in [2.24, 2.45) is 0 Å². The molecule has 0 unspecified atom stereocenters. The highest BCUT2D eigenvalue weighted by Gasteiger charge is 2.44. The van der Waals surface area contributed by atoms with Crippen LogP contribution < -0.4 is 4.90 Å². The second-order valence-electron chi connectivity index (χ2n) is 9.09. The summed E-state index contributed by atoms with van der Waals surface area (Å²) < 4.78 is 49.3. The lowest BCUT2D eigenvalue weighted by Crippen LogP contribution is -2.54. The van der Waals surface area contributed by atoms with Gasteiger partial charge in [-0.15, -0.1) is 0 Å². The number of nitrogens with zero attached hydrogens (tertiary/aromatic N) is 5. The summed E-state index contributed by atoms with van der Waals surface area (Å²) in [7, 11) is 0. The minimum atomic E-state index is -4.61. The molecule has 7 nitrogen and oxygen atoms in total. The van der Waals surface area contributed by atoms with Crippen LogP contribution in [0.15, 0.2) is 36.8 Å². The van der Waals surface area contributed by atoms with Crippen LogP contribution in [0, 0.1) is 0 Å². The van der Waals surface area contributed by atoms with Gasteiger partial charge < -0.3 is 19.1 Å². The van der Waals surface area contributed by atoms with Gasteiger partial charge in [-0.1, -0.05) is 17.7 Å². The molecule has 0 bridgehead atoms. The smallest absolute Gasteiger partial charge is 0.418 e. The van der Waals surface area contributed by atoms with Crippen LogP contribution in [-0.4, -0.2) is 56.8 Å². The molecule has 0 radical (unpaired) electrons. The number of rotatable bonds is 3. The third-order valence-corrected chi connectivity index (χ3v) is 6.64. The fraction of sp³-hybridized carbons (Fsp3) is 0.435. The van der Waals surface area contributed by atoms with E-state index >= 15 is 0 Å². The first-order valence-electron chi connectivity index (χ1n) is 11.0. The number of hydrogen-bond donors (Lipinski definition) is 0. The molecule has 180 valence electrons. The van der Waals surface area contributed by atoms with Crippen molar-refractivity contribution in [3.05, 3.63) is 47.4 Å². The molecule has 2 aliphatic rings. The molecule has 0 N–H and O–H groups in total. The first-order chi connectivity index (χ1) is 16.1. The maximum Gasteiger partial charge on any atom is 0.418 e. The van der Waals surface area contributed by atoms with Gasteiger partial charge >= 0.3 is 12.3 Å². The van der Waals surface area contributed by atoms with E-state index in [0.717, 1.165) is 19.0 Å². The normalized spacial score (nSPS) is 20.0. The standard InChI is InChI=1S/C23H23ClF3N5O2/c1-14-11-30(21(33)34-22(2)6-7-22)8-9-31(14)19-18-17(23(25,26)27)12-32(20(18)29-13-28-19)16-5-3-4-15(24)10-16/h3-5,10,12-14H,6-9,11H2,1-2H3/t14-/m0/s1. The van der Waals surface area contributed by atoms with E-state index in [9.17, 15) is 18.0 Å². The number of anilines is 1. The lowest BCUT2D eigenvalue weighted by molar-refractivity contribution is -0.136. The van der Waals surface area contributed by atoms with Gasteiger partial charge in [0.05, 0.1) is 10.9 Å². The SMILES string of the molecule is C[C@H]1CN(C(=O)OC2(C)CC2)CCN1c1ncnc2c1c(C(F)(F)F)cn2-c1cccc(Cl)c1. The van der Waals surface area contributed by atoms with Gasteiger partial charge in [0.15, 0.2) is 5.65 Å². The Bertz CT molecular complexity index is 1260. The Kier molecular flexibility index (Phi) is 5.38. The van der Waals surface area contributed by atoms with E-state index in [-0.39, 0.29) is 34.6 Å². The summed E-state index contributed by atoms with van der Waals surface area (Å²) in [5.74, 6) is 0.188. The molecule has 3 heterocycles. The molecule has 3 aromatic rings. The van der Waals surface area contributed by atoms with Crippen LogP contribution >= 0.6 is 11.6 Å². The number of amides is 1. The van der Waals surface area contributed by atoms with Gasteiger partial charge in [-0.25, -0.2) is 14.8 Å². The van der Waals surface area contributed by atoms with Crippen molar-refractivity contribution in [1.82, 2.24) is 19.4 Å². The summed E-state index contributed by atoms with van der Waals surface area (Å²) in [6.07, 6.45) is -1.02. The van der Waals surface area contributed by atoms with E-state index in [2.05, 4.69) is 9.97 Å². The maximum absolute atomic E-state index is 14.1. The second-order valence-corrected chi connectivity index (χ2v) is 9.53. The number of carbonyl (C=O) groups excluding carboxylic acids is 1. The van der Waals surface area contributed by atoms with E-state index < -0.39 is 11.7 Å². The molecule has 1 atom stereocenters. The Morgan fingerprint density at radius 3 is 2.65 bits per heavy atom. The van der Waals surface area contributed by atoms with Gasteiger partial charge in [-0.3, -0.25) is 0 Å². The average molecular weight is 494 g/mol. The predicted molar refractivity (Wildman–Crippen MR) is 121 cm³/mol. The molecule has 1 saturated carbocycles. The Morgan fingerprint density at radius 1 is 1.24 bits per heavy atom. The zero-order valence-electron chi connectivity index (χ0n) is 18.6. The molecule has 5 rings (SSSR count). The van der Waals surface area contributed by atoms with Crippen molar-refractivity contribution >= 4 is 34.5 Å². The van der Waals surface area contributed by atoms with Crippen LogP contribution in [0.25, 0.3) is 16.7 Å². The third-order valence-electron chi connectivity index (χ3n) is 6.40. The minimum Gasteiger partial charge on any atom is -0.443 e. The molecule has 11 heteroatoms. The number of halogens is 4. The topological polar surface area (TPSA) is 63.5 Å². The lowest BCUT2D eigenvalue weighted by atomic mass is 10.1. The summed E-state index contributed by atoms with van der Waals surface area (Å²) in [6.45, 7) is 4.70. The summed E-state index contributed by atoms with van der Waals surface area (Å²) in [5.41, 5.74) is -0.614. The molecule has 2 aromatic heterocycles. The molecule has 1 aliphatic heterocycles. The van der Waals surface area contributed by atoms with E-state index in [1.54, 1.807) is 34.1 Å². The number of alkyl halides is 3. The van der Waals surface area contributed by atoms with E-state index in [1.807, 2.05) is 13.8 Å². The zero-order chi connectivity index (χ0) is 24.3. The van der Waals surface area contributed by atoms with Gasteiger partial charge in [0.1, 0.15) is 17.7 Å². The highest BCUT2D eigenvalue weighted by atomic mass is 35.5. The third kappa shape index (κ3) is 4.15.